The SMILES string of the molecule is C[C@@H]1C(=O)N(CC(=O)Nc2ccc(Oc3cccc(Cl)c3)cc2)C(=O)[C@H]1C. The number of rotatable bonds is 5. The molecule has 0 aromatic heterocycles. The van der Waals surface area contributed by atoms with E-state index in [9.17, 15) is 14.4 Å². The van der Waals surface area contributed by atoms with Crippen molar-refractivity contribution in [2.24, 2.45) is 11.8 Å². The largest absolute Gasteiger partial charge is 0.457 e. The summed E-state index contributed by atoms with van der Waals surface area (Å²) in [5, 5.41) is 3.25. The average Bonchev–Trinajstić information content (AvgIpc) is 2.81. The molecule has 0 aliphatic carbocycles. The Balaban J connectivity index is 1.59. The highest BCUT2D eigenvalue weighted by Crippen LogP contribution is 2.26. The lowest BCUT2D eigenvalue weighted by molar-refractivity contribution is -0.142. The van der Waals surface area contributed by atoms with Crippen molar-refractivity contribution in [1.29, 1.82) is 0 Å². The zero-order valence-corrected chi connectivity index (χ0v) is 15.7. The van der Waals surface area contributed by atoms with Gasteiger partial charge in [0.25, 0.3) is 0 Å². The van der Waals surface area contributed by atoms with Gasteiger partial charge in [-0.25, -0.2) is 0 Å². The van der Waals surface area contributed by atoms with E-state index < -0.39 is 17.7 Å². The Labute approximate surface area is 162 Å². The van der Waals surface area contributed by atoms with E-state index in [2.05, 4.69) is 5.32 Å². The van der Waals surface area contributed by atoms with Crippen LogP contribution in [-0.2, 0) is 14.4 Å². The van der Waals surface area contributed by atoms with Crippen LogP contribution in [0.2, 0.25) is 5.02 Å². The lowest BCUT2D eigenvalue weighted by Crippen LogP contribution is -2.38. The van der Waals surface area contributed by atoms with Gasteiger partial charge in [0, 0.05) is 22.5 Å². The predicted octanol–water partition coefficient (Wildman–Crippen LogP) is 3.71. The fourth-order valence-electron chi connectivity index (χ4n) is 2.80. The van der Waals surface area contributed by atoms with Crippen LogP contribution in [-0.4, -0.2) is 29.2 Å². The van der Waals surface area contributed by atoms with Gasteiger partial charge in [0.15, 0.2) is 0 Å². The van der Waals surface area contributed by atoms with Crippen molar-refractivity contribution in [3.63, 3.8) is 0 Å². The molecule has 1 fully saturated rings. The van der Waals surface area contributed by atoms with Gasteiger partial charge in [-0.2, -0.15) is 0 Å². The molecular formula is C20H19ClN2O4. The molecule has 0 bridgehead atoms. The highest BCUT2D eigenvalue weighted by molar-refractivity contribution is 6.30. The van der Waals surface area contributed by atoms with Gasteiger partial charge in [-0.05, 0) is 42.5 Å². The van der Waals surface area contributed by atoms with Crippen LogP contribution in [0.4, 0.5) is 5.69 Å². The van der Waals surface area contributed by atoms with Crippen molar-refractivity contribution in [3.05, 3.63) is 53.6 Å². The summed E-state index contributed by atoms with van der Waals surface area (Å²) in [6.45, 7) is 3.11. The van der Waals surface area contributed by atoms with Gasteiger partial charge in [0.2, 0.25) is 17.7 Å². The number of carbonyl (C=O) groups excluding carboxylic acids is 3. The Morgan fingerprint density at radius 2 is 1.67 bits per heavy atom. The van der Waals surface area contributed by atoms with Crippen LogP contribution < -0.4 is 10.1 Å². The van der Waals surface area contributed by atoms with Crippen LogP contribution in [0.25, 0.3) is 0 Å². The van der Waals surface area contributed by atoms with Crippen LogP contribution in [0, 0.1) is 11.8 Å². The molecule has 1 aliphatic heterocycles. The summed E-state index contributed by atoms with van der Waals surface area (Å²) in [5.74, 6) is -0.653. The first-order chi connectivity index (χ1) is 12.8. The highest BCUT2D eigenvalue weighted by atomic mass is 35.5. The Morgan fingerprint density at radius 1 is 1.04 bits per heavy atom. The fourth-order valence-corrected chi connectivity index (χ4v) is 2.98. The van der Waals surface area contributed by atoms with Crippen molar-refractivity contribution in [2.75, 3.05) is 11.9 Å². The first-order valence-electron chi connectivity index (χ1n) is 8.53. The number of ether oxygens (including phenoxy) is 1. The fraction of sp³-hybridized carbons (Fsp3) is 0.250. The lowest BCUT2D eigenvalue weighted by atomic mass is 10.00. The molecule has 0 unspecified atom stereocenters. The second-order valence-corrected chi connectivity index (χ2v) is 6.91. The molecule has 1 saturated heterocycles. The number of halogens is 1. The predicted molar refractivity (Wildman–Crippen MR) is 102 cm³/mol. The number of carbonyl (C=O) groups is 3. The number of hydrogen-bond donors (Lipinski definition) is 1. The third kappa shape index (κ3) is 4.28. The van der Waals surface area contributed by atoms with E-state index in [0.29, 0.717) is 22.2 Å². The van der Waals surface area contributed by atoms with Crippen molar-refractivity contribution >= 4 is 35.0 Å². The molecule has 1 N–H and O–H groups in total. The van der Waals surface area contributed by atoms with Crippen LogP contribution >= 0.6 is 11.6 Å². The van der Waals surface area contributed by atoms with E-state index in [1.54, 1.807) is 62.4 Å². The van der Waals surface area contributed by atoms with E-state index in [1.165, 1.54) is 0 Å². The second-order valence-electron chi connectivity index (χ2n) is 6.47. The molecule has 2 aromatic rings. The summed E-state index contributed by atoms with van der Waals surface area (Å²) in [4.78, 5) is 37.3. The number of likely N-dealkylation sites (tertiary alicyclic amines) is 1. The minimum Gasteiger partial charge on any atom is -0.457 e. The van der Waals surface area contributed by atoms with Crippen molar-refractivity contribution in [2.45, 2.75) is 13.8 Å². The Hall–Kier alpha value is -2.86. The van der Waals surface area contributed by atoms with E-state index >= 15 is 0 Å². The number of benzene rings is 2. The summed E-state index contributed by atoms with van der Waals surface area (Å²) in [6.07, 6.45) is 0. The average molecular weight is 387 g/mol. The van der Waals surface area contributed by atoms with Crippen molar-refractivity contribution < 1.29 is 19.1 Å². The molecule has 6 nitrogen and oxygen atoms in total. The van der Waals surface area contributed by atoms with Gasteiger partial charge in [0.05, 0.1) is 0 Å². The number of hydrogen-bond acceptors (Lipinski definition) is 4. The zero-order chi connectivity index (χ0) is 19.6. The van der Waals surface area contributed by atoms with Crippen LogP contribution in [0.3, 0.4) is 0 Å². The molecule has 7 heteroatoms. The Kier molecular flexibility index (Phi) is 5.46. The van der Waals surface area contributed by atoms with Gasteiger partial charge >= 0.3 is 0 Å². The Morgan fingerprint density at radius 3 is 2.26 bits per heavy atom. The molecule has 0 radical (unpaired) electrons. The highest BCUT2D eigenvalue weighted by Gasteiger charge is 2.42. The maximum absolute atomic E-state index is 12.2. The number of nitrogens with zero attached hydrogens (tertiary/aromatic N) is 1. The molecule has 3 amide bonds. The number of amides is 3. The smallest absolute Gasteiger partial charge is 0.244 e. The third-order valence-corrected chi connectivity index (χ3v) is 4.77. The maximum atomic E-state index is 12.2. The normalized spacial score (nSPS) is 19.3. The van der Waals surface area contributed by atoms with Crippen molar-refractivity contribution in [1.82, 2.24) is 4.90 Å². The van der Waals surface area contributed by atoms with Gasteiger partial charge in [0.1, 0.15) is 18.0 Å². The molecule has 2 aromatic carbocycles. The summed E-state index contributed by atoms with van der Waals surface area (Å²) in [5.41, 5.74) is 0.540. The van der Waals surface area contributed by atoms with Crippen LogP contribution in [0.1, 0.15) is 13.8 Å². The first kappa shape index (κ1) is 18.9. The summed E-state index contributed by atoms with van der Waals surface area (Å²) >= 11 is 5.92. The van der Waals surface area contributed by atoms with E-state index in [-0.39, 0.29) is 18.4 Å². The molecule has 2 atom stereocenters. The van der Waals surface area contributed by atoms with Gasteiger partial charge in [-0.15, -0.1) is 0 Å². The monoisotopic (exact) mass is 386 g/mol. The number of anilines is 1. The minimum absolute atomic E-state index is 0.285. The summed E-state index contributed by atoms with van der Waals surface area (Å²) in [6, 6.07) is 13.8. The van der Waals surface area contributed by atoms with Crippen LogP contribution in [0.15, 0.2) is 48.5 Å². The van der Waals surface area contributed by atoms with E-state index in [1.807, 2.05) is 0 Å². The standard InChI is InChI=1S/C20H19ClN2O4/c1-12-13(2)20(26)23(19(12)25)11-18(24)22-15-6-8-16(9-7-15)27-17-5-3-4-14(21)10-17/h3-10,12-13H,11H2,1-2H3,(H,22,24)/t12-,13-/m0/s1. The molecule has 27 heavy (non-hydrogen) atoms. The topological polar surface area (TPSA) is 75.7 Å². The summed E-state index contributed by atoms with van der Waals surface area (Å²) in [7, 11) is 0. The molecule has 0 saturated carbocycles. The molecule has 140 valence electrons. The van der Waals surface area contributed by atoms with E-state index in [4.69, 9.17) is 16.3 Å². The van der Waals surface area contributed by atoms with Crippen molar-refractivity contribution in [3.8, 4) is 11.5 Å². The first-order valence-corrected chi connectivity index (χ1v) is 8.91. The third-order valence-electron chi connectivity index (χ3n) is 4.53. The molecular weight excluding hydrogens is 368 g/mol. The zero-order valence-electron chi connectivity index (χ0n) is 14.9. The number of nitrogens with one attached hydrogen (secondary N) is 1. The van der Waals surface area contributed by atoms with Gasteiger partial charge in [-0.3, -0.25) is 19.3 Å². The summed E-state index contributed by atoms with van der Waals surface area (Å²) < 4.78 is 5.68. The molecule has 1 heterocycles. The second kappa shape index (κ2) is 7.80. The Bertz CT molecular complexity index is 862. The van der Waals surface area contributed by atoms with Gasteiger partial charge in [-0.1, -0.05) is 31.5 Å². The molecule has 1 aliphatic rings. The molecule has 0 spiro atoms. The quantitative estimate of drug-likeness (QED) is 0.795. The number of imide groups is 1. The van der Waals surface area contributed by atoms with Crippen LogP contribution in [0.5, 0.6) is 11.5 Å². The maximum Gasteiger partial charge on any atom is 0.244 e. The van der Waals surface area contributed by atoms with E-state index in [0.717, 1.165) is 4.90 Å². The van der Waals surface area contributed by atoms with Gasteiger partial charge < -0.3 is 10.1 Å². The molecule has 3 rings (SSSR count). The minimum atomic E-state index is -0.429. The lowest BCUT2D eigenvalue weighted by Gasteiger charge is -2.14.